The molecule has 0 spiro atoms. The number of aromatic nitrogens is 4. The molecule has 23 heavy (non-hydrogen) atoms. The van der Waals surface area contributed by atoms with E-state index in [1.54, 1.807) is 6.20 Å². The van der Waals surface area contributed by atoms with E-state index in [-0.39, 0.29) is 5.95 Å². The first-order chi connectivity index (χ1) is 10.9. The van der Waals surface area contributed by atoms with Gasteiger partial charge in [0.1, 0.15) is 11.5 Å². The summed E-state index contributed by atoms with van der Waals surface area (Å²) in [5.74, 6) is 1.69. The molecule has 124 valence electrons. The molecule has 0 unspecified atom stereocenters. The summed E-state index contributed by atoms with van der Waals surface area (Å²) >= 11 is 0. The molecule has 8 heteroatoms. The zero-order valence-electron chi connectivity index (χ0n) is 12.8. The quantitative estimate of drug-likeness (QED) is 0.870. The summed E-state index contributed by atoms with van der Waals surface area (Å²) in [7, 11) is 1.97. The molecule has 0 bridgehead atoms. The molecule has 0 aliphatic carbocycles. The maximum atomic E-state index is 12.7. The fraction of sp³-hybridized carbons (Fsp3) is 0.533. The molecular weight excluding hydrogens is 307 g/mol. The number of alkyl halides is 3. The lowest BCUT2D eigenvalue weighted by molar-refractivity contribution is -0.141. The van der Waals surface area contributed by atoms with E-state index >= 15 is 0 Å². The SMILES string of the molecule is Cn1ccnc1CC1CCN(c2nccc(C(F)(F)F)n2)CC1. The number of piperidine rings is 1. The van der Waals surface area contributed by atoms with E-state index < -0.39 is 11.9 Å². The van der Waals surface area contributed by atoms with Crippen molar-refractivity contribution in [1.29, 1.82) is 0 Å². The fourth-order valence-corrected chi connectivity index (χ4v) is 2.85. The molecule has 2 aromatic heterocycles. The van der Waals surface area contributed by atoms with Crippen LogP contribution in [0.4, 0.5) is 19.1 Å². The highest BCUT2D eigenvalue weighted by molar-refractivity contribution is 5.31. The maximum Gasteiger partial charge on any atom is 0.433 e. The lowest BCUT2D eigenvalue weighted by atomic mass is 9.93. The highest BCUT2D eigenvalue weighted by Crippen LogP contribution is 2.29. The molecule has 1 aliphatic rings. The first-order valence-corrected chi connectivity index (χ1v) is 7.55. The normalized spacial score (nSPS) is 16.8. The van der Waals surface area contributed by atoms with Gasteiger partial charge in [-0.05, 0) is 24.8 Å². The Morgan fingerprint density at radius 2 is 1.91 bits per heavy atom. The molecule has 0 atom stereocenters. The Hall–Kier alpha value is -2.12. The Kier molecular flexibility index (Phi) is 4.23. The number of hydrogen-bond acceptors (Lipinski definition) is 4. The minimum absolute atomic E-state index is 0.162. The van der Waals surface area contributed by atoms with E-state index in [0.29, 0.717) is 19.0 Å². The second kappa shape index (κ2) is 6.17. The van der Waals surface area contributed by atoms with E-state index in [2.05, 4.69) is 15.0 Å². The topological polar surface area (TPSA) is 46.8 Å². The standard InChI is InChI=1S/C15H18F3N5/c1-22-9-6-19-13(22)10-11-3-7-23(8-4-11)14-20-5-2-12(21-14)15(16,17)18/h2,5-6,9,11H,3-4,7-8,10H2,1H3. The Labute approximate surface area is 132 Å². The van der Waals surface area contributed by atoms with Crippen molar-refractivity contribution in [3.8, 4) is 0 Å². The number of hydrogen-bond donors (Lipinski definition) is 0. The van der Waals surface area contributed by atoms with Crippen LogP contribution < -0.4 is 4.90 Å². The molecule has 3 heterocycles. The summed E-state index contributed by atoms with van der Waals surface area (Å²) < 4.78 is 40.2. The molecule has 0 aromatic carbocycles. The van der Waals surface area contributed by atoms with Crippen LogP contribution in [-0.2, 0) is 19.6 Å². The highest BCUT2D eigenvalue weighted by Gasteiger charge is 2.33. The van der Waals surface area contributed by atoms with Gasteiger partial charge in [0.05, 0.1) is 0 Å². The summed E-state index contributed by atoms with van der Waals surface area (Å²) in [6.45, 7) is 1.33. The largest absolute Gasteiger partial charge is 0.433 e. The fourth-order valence-electron chi connectivity index (χ4n) is 2.85. The van der Waals surface area contributed by atoms with E-state index in [9.17, 15) is 13.2 Å². The number of aryl methyl sites for hydroxylation is 1. The van der Waals surface area contributed by atoms with Gasteiger partial charge in [-0.2, -0.15) is 13.2 Å². The second-order valence-corrected chi connectivity index (χ2v) is 5.83. The van der Waals surface area contributed by atoms with Crippen molar-refractivity contribution in [2.75, 3.05) is 18.0 Å². The van der Waals surface area contributed by atoms with Gasteiger partial charge in [0.15, 0.2) is 0 Å². The van der Waals surface area contributed by atoms with Crippen LogP contribution in [0.25, 0.3) is 0 Å². The molecule has 1 saturated heterocycles. The summed E-state index contributed by atoms with van der Waals surface area (Å²) in [6, 6.07) is 0.900. The highest BCUT2D eigenvalue weighted by atomic mass is 19.4. The van der Waals surface area contributed by atoms with Gasteiger partial charge in [0.2, 0.25) is 5.95 Å². The minimum Gasteiger partial charge on any atom is -0.341 e. The summed E-state index contributed by atoms with van der Waals surface area (Å²) in [5.41, 5.74) is -0.891. The van der Waals surface area contributed by atoms with Crippen molar-refractivity contribution in [2.24, 2.45) is 13.0 Å². The van der Waals surface area contributed by atoms with Crippen LogP contribution in [0.3, 0.4) is 0 Å². The predicted molar refractivity (Wildman–Crippen MR) is 78.9 cm³/mol. The molecule has 0 amide bonds. The zero-order valence-corrected chi connectivity index (χ0v) is 12.8. The van der Waals surface area contributed by atoms with Crippen LogP contribution in [0.1, 0.15) is 24.4 Å². The Morgan fingerprint density at radius 3 is 2.52 bits per heavy atom. The predicted octanol–water partition coefficient (Wildman–Crippen LogP) is 2.69. The van der Waals surface area contributed by atoms with Crippen LogP contribution in [0.15, 0.2) is 24.7 Å². The summed E-state index contributed by atoms with van der Waals surface area (Å²) in [5, 5.41) is 0. The third-order valence-corrected chi connectivity index (χ3v) is 4.22. The van der Waals surface area contributed by atoms with Crippen molar-refractivity contribution >= 4 is 5.95 Å². The number of halogens is 3. The van der Waals surface area contributed by atoms with Crippen molar-refractivity contribution in [3.63, 3.8) is 0 Å². The molecule has 2 aromatic rings. The molecule has 0 radical (unpaired) electrons. The van der Waals surface area contributed by atoms with Crippen molar-refractivity contribution < 1.29 is 13.2 Å². The lowest BCUT2D eigenvalue weighted by Crippen LogP contribution is -2.36. The molecule has 1 aliphatic heterocycles. The molecular formula is C15H18F3N5. The van der Waals surface area contributed by atoms with Crippen LogP contribution in [0, 0.1) is 5.92 Å². The van der Waals surface area contributed by atoms with Gasteiger partial charge >= 0.3 is 6.18 Å². The number of nitrogens with zero attached hydrogens (tertiary/aromatic N) is 5. The molecule has 3 rings (SSSR count). The second-order valence-electron chi connectivity index (χ2n) is 5.83. The third kappa shape index (κ3) is 3.62. The van der Waals surface area contributed by atoms with Crippen LogP contribution in [0.2, 0.25) is 0 Å². The average molecular weight is 325 g/mol. The molecule has 0 saturated carbocycles. The maximum absolute atomic E-state index is 12.7. The average Bonchev–Trinajstić information content (AvgIpc) is 2.92. The van der Waals surface area contributed by atoms with Gasteiger partial charge in [-0.3, -0.25) is 0 Å². The van der Waals surface area contributed by atoms with Crippen LogP contribution >= 0.6 is 0 Å². The van der Waals surface area contributed by atoms with Crippen molar-refractivity contribution in [3.05, 3.63) is 36.2 Å². The van der Waals surface area contributed by atoms with Gasteiger partial charge in [0, 0.05) is 45.1 Å². The van der Waals surface area contributed by atoms with E-state index in [1.165, 1.54) is 6.20 Å². The number of imidazole rings is 1. The third-order valence-electron chi connectivity index (χ3n) is 4.22. The van der Waals surface area contributed by atoms with Gasteiger partial charge in [-0.15, -0.1) is 0 Å². The van der Waals surface area contributed by atoms with Gasteiger partial charge in [0.25, 0.3) is 0 Å². The molecule has 1 fully saturated rings. The Balaban J connectivity index is 1.62. The number of anilines is 1. The molecule has 5 nitrogen and oxygen atoms in total. The van der Waals surface area contributed by atoms with Crippen LogP contribution in [0.5, 0.6) is 0 Å². The molecule has 0 N–H and O–H groups in total. The lowest BCUT2D eigenvalue weighted by Gasteiger charge is -2.32. The zero-order chi connectivity index (χ0) is 16.4. The van der Waals surface area contributed by atoms with Gasteiger partial charge < -0.3 is 9.47 Å². The Morgan fingerprint density at radius 1 is 1.17 bits per heavy atom. The van der Waals surface area contributed by atoms with E-state index in [0.717, 1.165) is 31.2 Å². The monoisotopic (exact) mass is 325 g/mol. The first-order valence-electron chi connectivity index (χ1n) is 7.55. The Bertz CT molecular complexity index is 659. The smallest absolute Gasteiger partial charge is 0.341 e. The van der Waals surface area contributed by atoms with E-state index in [1.807, 2.05) is 22.7 Å². The van der Waals surface area contributed by atoms with Gasteiger partial charge in [-0.25, -0.2) is 15.0 Å². The number of rotatable bonds is 3. The first kappa shape index (κ1) is 15.8. The van der Waals surface area contributed by atoms with Gasteiger partial charge in [-0.1, -0.05) is 0 Å². The summed E-state index contributed by atoms with van der Waals surface area (Å²) in [6.07, 6.45) is 3.11. The summed E-state index contributed by atoms with van der Waals surface area (Å²) in [4.78, 5) is 13.8. The van der Waals surface area contributed by atoms with Crippen molar-refractivity contribution in [2.45, 2.75) is 25.4 Å². The van der Waals surface area contributed by atoms with Crippen molar-refractivity contribution in [1.82, 2.24) is 19.5 Å². The minimum atomic E-state index is -4.44. The van der Waals surface area contributed by atoms with E-state index in [4.69, 9.17) is 0 Å². The van der Waals surface area contributed by atoms with Crippen LogP contribution in [-0.4, -0.2) is 32.6 Å².